The number of hydrogen-bond donors (Lipinski definition) is 2. The number of amides is 1. The molecule has 0 aliphatic carbocycles. The van der Waals surface area contributed by atoms with Crippen molar-refractivity contribution in [3.05, 3.63) is 21.9 Å². The van der Waals surface area contributed by atoms with Gasteiger partial charge in [0.15, 0.2) is 5.15 Å². The van der Waals surface area contributed by atoms with Crippen molar-refractivity contribution in [1.82, 2.24) is 4.98 Å². The minimum Gasteiger partial charge on any atom is -0.481 e. The largest absolute Gasteiger partial charge is 0.481 e. The van der Waals surface area contributed by atoms with Crippen LogP contribution in [-0.4, -0.2) is 22.0 Å². The van der Waals surface area contributed by atoms with Gasteiger partial charge < -0.3 is 10.4 Å². The molecule has 0 fully saturated rings. The van der Waals surface area contributed by atoms with Gasteiger partial charge in [0.1, 0.15) is 0 Å². The smallest absolute Gasteiger partial charge is 0.303 e. The number of carbonyl (C=O) groups excluding carboxylic acids is 1. The standard InChI is InChI=1S/C10H10BrClN2O3/c11-6-4-7(10(12)13-5-6)14-8(15)2-1-3-9(16)17/h4-5H,1-3H2,(H,14,15)(H,16,17). The van der Waals surface area contributed by atoms with E-state index in [0.717, 1.165) is 0 Å². The third-order valence-corrected chi connectivity index (χ3v) is 2.61. The van der Waals surface area contributed by atoms with Gasteiger partial charge in [-0.2, -0.15) is 0 Å². The van der Waals surface area contributed by atoms with Crippen LogP contribution in [0.3, 0.4) is 0 Å². The van der Waals surface area contributed by atoms with Gasteiger partial charge in [0.05, 0.1) is 5.69 Å². The summed E-state index contributed by atoms with van der Waals surface area (Å²) in [7, 11) is 0. The molecule has 0 bridgehead atoms. The zero-order valence-electron chi connectivity index (χ0n) is 8.74. The highest BCUT2D eigenvalue weighted by Crippen LogP contribution is 2.23. The summed E-state index contributed by atoms with van der Waals surface area (Å²) in [4.78, 5) is 25.6. The fourth-order valence-corrected chi connectivity index (χ4v) is 1.61. The summed E-state index contributed by atoms with van der Waals surface area (Å²) < 4.78 is 0.697. The first-order valence-corrected chi connectivity index (χ1v) is 5.99. The highest BCUT2D eigenvalue weighted by Gasteiger charge is 2.08. The molecule has 1 heterocycles. The zero-order chi connectivity index (χ0) is 12.8. The number of halogens is 2. The molecule has 0 unspecified atom stereocenters. The summed E-state index contributed by atoms with van der Waals surface area (Å²) in [5.41, 5.74) is 0.404. The van der Waals surface area contributed by atoms with E-state index in [-0.39, 0.29) is 23.9 Å². The Morgan fingerprint density at radius 3 is 2.82 bits per heavy atom. The van der Waals surface area contributed by atoms with Crippen molar-refractivity contribution < 1.29 is 14.7 Å². The number of nitrogens with one attached hydrogen (secondary N) is 1. The third kappa shape index (κ3) is 5.14. The van der Waals surface area contributed by atoms with Crippen molar-refractivity contribution in [2.24, 2.45) is 0 Å². The van der Waals surface area contributed by atoms with Gasteiger partial charge in [0, 0.05) is 23.5 Å². The van der Waals surface area contributed by atoms with Crippen LogP contribution in [0, 0.1) is 0 Å². The first-order chi connectivity index (χ1) is 7.99. The van der Waals surface area contributed by atoms with Gasteiger partial charge in [-0.1, -0.05) is 11.6 Å². The number of nitrogens with zero attached hydrogens (tertiary/aromatic N) is 1. The Kier molecular flexibility index (Phi) is 5.37. The maximum Gasteiger partial charge on any atom is 0.303 e. The summed E-state index contributed by atoms with van der Waals surface area (Å²) in [5, 5.41) is 11.2. The van der Waals surface area contributed by atoms with Crippen molar-refractivity contribution in [3.8, 4) is 0 Å². The fourth-order valence-electron chi connectivity index (χ4n) is 1.12. The first kappa shape index (κ1) is 13.9. The second kappa shape index (κ2) is 6.56. The molecule has 0 spiro atoms. The lowest BCUT2D eigenvalue weighted by atomic mass is 10.2. The van der Waals surface area contributed by atoms with Crippen molar-refractivity contribution in [1.29, 1.82) is 0 Å². The summed E-state index contributed by atoms with van der Waals surface area (Å²) in [5.74, 6) is -1.20. The van der Waals surface area contributed by atoms with E-state index in [0.29, 0.717) is 16.6 Å². The molecule has 1 rings (SSSR count). The van der Waals surface area contributed by atoms with E-state index in [1.54, 1.807) is 6.07 Å². The van der Waals surface area contributed by atoms with Crippen LogP contribution < -0.4 is 5.32 Å². The van der Waals surface area contributed by atoms with E-state index in [1.807, 2.05) is 0 Å². The molecule has 7 heteroatoms. The van der Waals surface area contributed by atoms with E-state index in [2.05, 4.69) is 26.2 Å². The Labute approximate surface area is 111 Å². The number of pyridine rings is 1. The molecule has 0 aromatic carbocycles. The molecular formula is C10H10BrClN2O3. The lowest BCUT2D eigenvalue weighted by Crippen LogP contribution is -2.12. The van der Waals surface area contributed by atoms with E-state index < -0.39 is 5.97 Å². The summed E-state index contributed by atoms with van der Waals surface area (Å²) in [6.07, 6.45) is 1.91. The average Bonchev–Trinajstić information content (AvgIpc) is 2.23. The normalized spacial score (nSPS) is 10.0. The molecule has 0 radical (unpaired) electrons. The number of carboxylic acids is 1. The first-order valence-electron chi connectivity index (χ1n) is 4.81. The van der Waals surface area contributed by atoms with Crippen LogP contribution in [0.1, 0.15) is 19.3 Å². The minimum absolute atomic E-state index is 0.0299. The molecule has 0 aliphatic heterocycles. The number of anilines is 1. The highest BCUT2D eigenvalue weighted by molar-refractivity contribution is 9.10. The minimum atomic E-state index is -0.917. The molecule has 1 aromatic heterocycles. The van der Waals surface area contributed by atoms with Gasteiger partial charge in [0.25, 0.3) is 0 Å². The van der Waals surface area contributed by atoms with Crippen molar-refractivity contribution in [2.45, 2.75) is 19.3 Å². The molecule has 0 saturated heterocycles. The Bertz CT molecular complexity index is 440. The van der Waals surface area contributed by atoms with Gasteiger partial charge in [-0.25, -0.2) is 4.98 Å². The molecule has 0 atom stereocenters. The third-order valence-electron chi connectivity index (χ3n) is 1.87. The Morgan fingerprint density at radius 1 is 1.47 bits per heavy atom. The quantitative estimate of drug-likeness (QED) is 0.817. The predicted molar refractivity (Wildman–Crippen MR) is 67.1 cm³/mol. The number of hydrogen-bond acceptors (Lipinski definition) is 3. The SMILES string of the molecule is O=C(O)CCCC(=O)Nc1cc(Br)cnc1Cl. The maximum absolute atomic E-state index is 11.5. The second-order valence-electron chi connectivity index (χ2n) is 3.29. The van der Waals surface area contributed by atoms with Crippen LogP contribution in [-0.2, 0) is 9.59 Å². The van der Waals surface area contributed by atoms with Crippen LogP contribution in [0.25, 0.3) is 0 Å². The predicted octanol–water partition coefficient (Wildman–Crippen LogP) is 2.69. The number of carboxylic acid groups (broad SMARTS) is 1. The zero-order valence-corrected chi connectivity index (χ0v) is 11.1. The van der Waals surface area contributed by atoms with Crippen molar-refractivity contribution in [3.63, 3.8) is 0 Å². The molecule has 0 aliphatic rings. The second-order valence-corrected chi connectivity index (χ2v) is 4.56. The van der Waals surface area contributed by atoms with E-state index in [9.17, 15) is 9.59 Å². The Balaban J connectivity index is 2.50. The van der Waals surface area contributed by atoms with Crippen LogP contribution in [0.4, 0.5) is 5.69 Å². The van der Waals surface area contributed by atoms with Crippen LogP contribution in [0.2, 0.25) is 5.15 Å². The van der Waals surface area contributed by atoms with Crippen LogP contribution in [0.5, 0.6) is 0 Å². The number of carbonyl (C=O) groups is 2. The molecule has 17 heavy (non-hydrogen) atoms. The number of aromatic nitrogens is 1. The molecule has 1 amide bonds. The van der Waals surface area contributed by atoms with Gasteiger partial charge in [0.2, 0.25) is 5.91 Å². The molecule has 1 aromatic rings. The van der Waals surface area contributed by atoms with Crippen LogP contribution >= 0.6 is 27.5 Å². The lowest BCUT2D eigenvalue weighted by molar-refractivity contribution is -0.137. The number of aliphatic carboxylic acids is 1. The van der Waals surface area contributed by atoms with Gasteiger partial charge in [-0.15, -0.1) is 0 Å². The monoisotopic (exact) mass is 320 g/mol. The Morgan fingerprint density at radius 2 is 2.18 bits per heavy atom. The lowest BCUT2D eigenvalue weighted by Gasteiger charge is -2.06. The average molecular weight is 322 g/mol. The van der Waals surface area contributed by atoms with E-state index in [4.69, 9.17) is 16.7 Å². The molecule has 92 valence electrons. The van der Waals surface area contributed by atoms with Crippen molar-refractivity contribution in [2.75, 3.05) is 5.32 Å². The van der Waals surface area contributed by atoms with Gasteiger partial charge >= 0.3 is 5.97 Å². The van der Waals surface area contributed by atoms with Gasteiger partial charge in [-0.05, 0) is 28.4 Å². The summed E-state index contributed by atoms with van der Waals surface area (Å²) in [6, 6.07) is 1.63. The summed E-state index contributed by atoms with van der Waals surface area (Å²) >= 11 is 8.99. The van der Waals surface area contributed by atoms with E-state index in [1.165, 1.54) is 6.20 Å². The number of rotatable bonds is 5. The molecule has 5 nitrogen and oxygen atoms in total. The van der Waals surface area contributed by atoms with Crippen LogP contribution in [0.15, 0.2) is 16.7 Å². The summed E-state index contributed by atoms with van der Waals surface area (Å²) in [6.45, 7) is 0. The molecule has 0 saturated carbocycles. The van der Waals surface area contributed by atoms with Crippen molar-refractivity contribution >= 4 is 45.1 Å². The molecular weight excluding hydrogens is 311 g/mol. The topological polar surface area (TPSA) is 79.3 Å². The van der Waals surface area contributed by atoms with E-state index >= 15 is 0 Å². The fraction of sp³-hybridized carbons (Fsp3) is 0.300. The van der Waals surface area contributed by atoms with Gasteiger partial charge in [-0.3, -0.25) is 9.59 Å². The maximum atomic E-state index is 11.5. The highest BCUT2D eigenvalue weighted by atomic mass is 79.9. The Hall–Kier alpha value is -1.14. The molecule has 2 N–H and O–H groups in total.